The summed E-state index contributed by atoms with van der Waals surface area (Å²) in [5.41, 5.74) is 0.947. The molecular formula is C6H7ClO2. The molecule has 0 aromatic rings. The summed E-state index contributed by atoms with van der Waals surface area (Å²) in [6.07, 6.45) is 2.72. The van der Waals surface area contributed by atoms with E-state index in [2.05, 4.69) is 0 Å². The van der Waals surface area contributed by atoms with Crippen molar-refractivity contribution >= 4 is 17.6 Å². The zero-order chi connectivity index (χ0) is 6.85. The first kappa shape index (κ1) is 6.62. The number of carboxylic acids is 1. The zero-order valence-corrected chi connectivity index (χ0v) is 5.56. The van der Waals surface area contributed by atoms with Gasteiger partial charge in [0.2, 0.25) is 0 Å². The predicted octanol–water partition coefficient (Wildman–Crippen LogP) is 1.40. The highest BCUT2D eigenvalue weighted by atomic mass is 35.5. The zero-order valence-electron chi connectivity index (χ0n) is 4.80. The lowest BCUT2D eigenvalue weighted by atomic mass is 9.91. The Morgan fingerprint density at radius 3 is 2.67 bits per heavy atom. The topological polar surface area (TPSA) is 37.3 Å². The van der Waals surface area contributed by atoms with Gasteiger partial charge in [0.15, 0.2) is 0 Å². The van der Waals surface area contributed by atoms with Gasteiger partial charge in [0.25, 0.3) is 0 Å². The molecule has 0 amide bonds. The van der Waals surface area contributed by atoms with Crippen LogP contribution in [0.3, 0.4) is 0 Å². The molecule has 3 heteroatoms. The normalized spacial score (nSPS) is 25.0. The van der Waals surface area contributed by atoms with Crippen LogP contribution in [0.2, 0.25) is 0 Å². The van der Waals surface area contributed by atoms with Crippen LogP contribution in [0.15, 0.2) is 11.6 Å². The number of carboxylic acid groups (broad SMARTS) is 1. The number of rotatable bonds is 1. The molecule has 0 saturated heterocycles. The summed E-state index contributed by atoms with van der Waals surface area (Å²) in [6.45, 7) is 0. The maximum absolute atomic E-state index is 9.99. The molecular weight excluding hydrogens is 140 g/mol. The number of alkyl halides is 1. The molecule has 2 nitrogen and oxygen atoms in total. The summed E-state index contributed by atoms with van der Waals surface area (Å²) in [6, 6.07) is 0. The van der Waals surface area contributed by atoms with E-state index < -0.39 is 5.97 Å². The Balaban J connectivity index is 2.39. The summed E-state index contributed by atoms with van der Waals surface area (Å²) < 4.78 is 0. The summed E-state index contributed by atoms with van der Waals surface area (Å²) in [4.78, 5) is 9.99. The van der Waals surface area contributed by atoms with Crippen LogP contribution in [0.1, 0.15) is 12.8 Å². The first-order valence-corrected chi connectivity index (χ1v) is 3.18. The van der Waals surface area contributed by atoms with Gasteiger partial charge >= 0.3 is 5.97 Å². The number of aliphatic carboxylic acids is 1. The van der Waals surface area contributed by atoms with Gasteiger partial charge in [-0.2, -0.15) is 0 Å². The van der Waals surface area contributed by atoms with E-state index in [1.807, 2.05) is 0 Å². The third-order valence-corrected chi connectivity index (χ3v) is 1.60. The Morgan fingerprint density at radius 2 is 2.33 bits per heavy atom. The molecule has 1 aliphatic carbocycles. The molecule has 50 valence electrons. The Bertz CT molecular complexity index is 154. The lowest BCUT2D eigenvalue weighted by molar-refractivity contribution is -0.131. The van der Waals surface area contributed by atoms with Gasteiger partial charge in [-0.15, -0.1) is 11.6 Å². The number of hydrogen-bond acceptors (Lipinski definition) is 1. The van der Waals surface area contributed by atoms with Crippen LogP contribution < -0.4 is 0 Å². The molecule has 1 saturated carbocycles. The largest absolute Gasteiger partial charge is 0.478 e. The minimum Gasteiger partial charge on any atom is -0.478 e. The Kier molecular flexibility index (Phi) is 1.76. The van der Waals surface area contributed by atoms with E-state index in [0.717, 1.165) is 18.4 Å². The lowest BCUT2D eigenvalue weighted by Crippen LogP contribution is -2.15. The molecule has 0 aliphatic heterocycles. The predicted molar refractivity (Wildman–Crippen MR) is 34.6 cm³/mol. The summed E-state index contributed by atoms with van der Waals surface area (Å²) in [5.74, 6) is -0.867. The molecule has 0 spiro atoms. The van der Waals surface area contributed by atoms with Gasteiger partial charge in [0.05, 0.1) is 0 Å². The van der Waals surface area contributed by atoms with Crippen molar-refractivity contribution in [2.75, 3.05) is 0 Å². The van der Waals surface area contributed by atoms with Gasteiger partial charge in [-0.25, -0.2) is 4.79 Å². The van der Waals surface area contributed by atoms with Crippen molar-refractivity contribution < 1.29 is 9.90 Å². The Labute approximate surface area is 58.1 Å². The number of carbonyl (C=O) groups is 1. The minimum atomic E-state index is -0.867. The fraction of sp³-hybridized carbons (Fsp3) is 0.500. The second kappa shape index (κ2) is 2.40. The van der Waals surface area contributed by atoms with Crippen molar-refractivity contribution in [3.8, 4) is 0 Å². The van der Waals surface area contributed by atoms with Gasteiger partial charge in [-0.1, -0.05) is 5.57 Å². The maximum atomic E-state index is 9.99. The highest BCUT2D eigenvalue weighted by molar-refractivity contribution is 6.21. The molecule has 1 N–H and O–H groups in total. The molecule has 0 radical (unpaired) electrons. The van der Waals surface area contributed by atoms with Crippen LogP contribution >= 0.6 is 11.6 Å². The van der Waals surface area contributed by atoms with Crippen molar-refractivity contribution in [1.29, 1.82) is 0 Å². The van der Waals surface area contributed by atoms with E-state index in [1.54, 1.807) is 0 Å². The molecule has 0 aromatic carbocycles. The fourth-order valence-electron chi connectivity index (χ4n) is 0.802. The van der Waals surface area contributed by atoms with Crippen molar-refractivity contribution in [2.45, 2.75) is 18.2 Å². The van der Waals surface area contributed by atoms with Gasteiger partial charge in [0.1, 0.15) is 0 Å². The average Bonchev–Trinajstić information content (AvgIpc) is 1.60. The van der Waals surface area contributed by atoms with E-state index in [1.165, 1.54) is 6.08 Å². The van der Waals surface area contributed by atoms with Crippen molar-refractivity contribution in [3.63, 3.8) is 0 Å². The minimum absolute atomic E-state index is 0.176. The van der Waals surface area contributed by atoms with E-state index >= 15 is 0 Å². The van der Waals surface area contributed by atoms with Crippen LogP contribution in [0.5, 0.6) is 0 Å². The molecule has 0 heterocycles. The van der Waals surface area contributed by atoms with Crippen LogP contribution in [-0.4, -0.2) is 16.5 Å². The van der Waals surface area contributed by atoms with Gasteiger partial charge in [-0.05, 0) is 12.8 Å². The fourth-order valence-corrected chi connectivity index (χ4v) is 1.20. The molecule has 1 aliphatic rings. The standard InChI is InChI=1S/C6H7ClO2/c7-5-1-4(2-5)3-6(8)9/h3,5H,1-2H2,(H,8,9). The molecule has 0 aromatic heterocycles. The Hall–Kier alpha value is -0.500. The number of halogens is 1. The summed E-state index contributed by atoms with van der Waals surface area (Å²) >= 11 is 5.59. The highest BCUT2D eigenvalue weighted by Gasteiger charge is 2.20. The van der Waals surface area contributed by atoms with Crippen LogP contribution in [0.25, 0.3) is 0 Å². The lowest BCUT2D eigenvalue weighted by Gasteiger charge is -2.22. The smallest absolute Gasteiger partial charge is 0.328 e. The molecule has 9 heavy (non-hydrogen) atoms. The molecule has 0 atom stereocenters. The van der Waals surface area contributed by atoms with Gasteiger partial charge < -0.3 is 5.11 Å². The Morgan fingerprint density at radius 1 is 1.78 bits per heavy atom. The number of allylic oxidation sites excluding steroid dienone is 1. The second-order valence-electron chi connectivity index (χ2n) is 2.15. The van der Waals surface area contributed by atoms with Gasteiger partial charge in [-0.3, -0.25) is 0 Å². The maximum Gasteiger partial charge on any atom is 0.328 e. The van der Waals surface area contributed by atoms with Gasteiger partial charge in [0, 0.05) is 11.5 Å². The van der Waals surface area contributed by atoms with Crippen molar-refractivity contribution in [1.82, 2.24) is 0 Å². The first-order valence-electron chi connectivity index (χ1n) is 2.75. The van der Waals surface area contributed by atoms with E-state index in [0.29, 0.717) is 0 Å². The molecule has 1 fully saturated rings. The molecule has 0 bridgehead atoms. The first-order chi connectivity index (χ1) is 4.18. The monoisotopic (exact) mass is 146 g/mol. The SMILES string of the molecule is O=C(O)C=C1CC(Cl)C1. The van der Waals surface area contributed by atoms with E-state index in [-0.39, 0.29) is 5.38 Å². The van der Waals surface area contributed by atoms with Crippen LogP contribution in [0.4, 0.5) is 0 Å². The average molecular weight is 147 g/mol. The highest BCUT2D eigenvalue weighted by Crippen LogP contribution is 2.30. The quantitative estimate of drug-likeness (QED) is 0.449. The third kappa shape index (κ3) is 1.72. The van der Waals surface area contributed by atoms with Crippen molar-refractivity contribution in [3.05, 3.63) is 11.6 Å². The molecule has 1 rings (SSSR count). The van der Waals surface area contributed by atoms with Crippen molar-refractivity contribution in [2.24, 2.45) is 0 Å². The second-order valence-corrected chi connectivity index (χ2v) is 2.76. The van der Waals surface area contributed by atoms with E-state index in [9.17, 15) is 4.79 Å². The number of hydrogen-bond donors (Lipinski definition) is 1. The van der Waals surface area contributed by atoms with E-state index in [4.69, 9.17) is 16.7 Å². The molecule has 0 unspecified atom stereocenters. The van der Waals surface area contributed by atoms with Crippen LogP contribution in [-0.2, 0) is 4.79 Å². The summed E-state index contributed by atoms with van der Waals surface area (Å²) in [5, 5.41) is 8.39. The summed E-state index contributed by atoms with van der Waals surface area (Å²) in [7, 11) is 0. The van der Waals surface area contributed by atoms with Crippen LogP contribution in [0, 0.1) is 0 Å². The third-order valence-electron chi connectivity index (χ3n) is 1.29.